The van der Waals surface area contributed by atoms with Crippen molar-refractivity contribution >= 4 is 27.3 Å². The molecule has 0 amide bonds. The summed E-state index contributed by atoms with van der Waals surface area (Å²) in [5.41, 5.74) is 3.95. The van der Waals surface area contributed by atoms with Gasteiger partial charge in [-0.1, -0.05) is 12.1 Å². The maximum absolute atomic E-state index is 5.63. The Morgan fingerprint density at radius 3 is 2.53 bits per heavy atom. The molecule has 1 unspecified atom stereocenters. The Labute approximate surface area is 113 Å². The summed E-state index contributed by atoms with van der Waals surface area (Å²) in [6.07, 6.45) is 0. The van der Waals surface area contributed by atoms with Gasteiger partial charge < -0.3 is 4.74 Å². The third-order valence-corrected chi connectivity index (χ3v) is 4.25. The highest BCUT2D eigenvalue weighted by atomic mass is 79.9. The quantitative estimate of drug-likeness (QED) is 0.674. The second-order valence-electron chi connectivity index (χ2n) is 3.54. The van der Waals surface area contributed by atoms with Crippen molar-refractivity contribution in [2.24, 2.45) is 5.84 Å². The first-order valence-electron chi connectivity index (χ1n) is 5.08. The van der Waals surface area contributed by atoms with Gasteiger partial charge in [-0.15, -0.1) is 11.3 Å². The molecule has 3 nitrogen and oxygen atoms in total. The summed E-state index contributed by atoms with van der Waals surface area (Å²) in [5, 5.41) is 2.04. The van der Waals surface area contributed by atoms with E-state index in [9.17, 15) is 0 Å². The van der Waals surface area contributed by atoms with Crippen LogP contribution in [0.1, 0.15) is 16.5 Å². The minimum absolute atomic E-state index is 0.0113. The minimum Gasteiger partial charge on any atom is -0.497 e. The van der Waals surface area contributed by atoms with Crippen LogP contribution in [0.4, 0.5) is 0 Å². The average molecular weight is 313 g/mol. The summed E-state index contributed by atoms with van der Waals surface area (Å²) in [5.74, 6) is 6.47. The maximum Gasteiger partial charge on any atom is 0.118 e. The third-order valence-electron chi connectivity index (χ3n) is 2.49. The molecule has 2 aromatic rings. The van der Waals surface area contributed by atoms with Crippen LogP contribution in [0, 0.1) is 0 Å². The van der Waals surface area contributed by atoms with Gasteiger partial charge in [-0.3, -0.25) is 5.84 Å². The van der Waals surface area contributed by atoms with E-state index in [1.165, 1.54) is 4.88 Å². The van der Waals surface area contributed by atoms with Crippen molar-refractivity contribution in [3.8, 4) is 5.75 Å². The number of hydrazine groups is 1. The number of thiophene rings is 1. The van der Waals surface area contributed by atoms with Crippen LogP contribution in [0.25, 0.3) is 0 Å². The molecule has 1 aromatic carbocycles. The minimum atomic E-state index is 0.0113. The van der Waals surface area contributed by atoms with Crippen molar-refractivity contribution in [3.63, 3.8) is 0 Å². The van der Waals surface area contributed by atoms with Crippen molar-refractivity contribution in [2.75, 3.05) is 7.11 Å². The van der Waals surface area contributed by atoms with Gasteiger partial charge in [0.1, 0.15) is 5.75 Å². The van der Waals surface area contributed by atoms with Crippen molar-refractivity contribution in [1.29, 1.82) is 0 Å². The predicted molar refractivity (Wildman–Crippen MR) is 74.2 cm³/mol. The van der Waals surface area contributed by atoms with E-state index in [-0.39, 0.29) is 6.04 Å². The number of hydrogen-bond acceptors (Lipinski definition) is 4. The first-order chi connectivity index (χ1) is 8.24. The average Bonchev–Trinajstić information content (AvgIpc) is 2.78. The fraction of sp³-hybridized carbons (Fsp3) is 0.167. The van der Waals surface area contributed by atoms with E-state index in [1.807, 2.05) is 29.6 Å². The van der Waals surface area contributed by atoms with E-state index >= 15 is 0 Å². The molecule has 3 N–H and O–H groups in total. The fourth-order valence-electron chi connectivity index (χ4n) is 1.62. The van der Waals surface area contributed by atoms with Crippen LogP contribution in [0.15, 0.2) is 40.2 Å². The van der Waals surface area contributed by atoms with Gasteiger partial charge in [-0.25, -0.2) is 5.43 Å². The Kier molecular flexibility index (Phi) is 4.17. The second kappa shape index (κ2) is 5.64. The Morgan fingerprint density at radius 2 is 2.06 bits per heavy atom. The number of nitrogens with two attached hydrogens (primary N) is 1. The zero-order valence-corrected chi connectivity index (χ0v) is 11.7. The van der Waals surface area contributed by atoms with E-state index in [2.05, 4.69) is 27.4 Å². The van der Waals surface area contributed by atoms with Gasteiger partial charge in [0.15, 0.2) is 0 Å². The first kappa shape index (κ1) is 12.6. The van der Waals surface area contributed by atoms with Crippen molar-refractivity contribution in [3.05, 3.63) is 50.6 Å². The van der Waals surface area contributed by atoms with Crippen LogP contribution in [-0.2, 0) is 0 Å². The molecule has 0 saturated heterocycles. The SMILES string of the molecule is COc1ccc(C(NN)c2cc(Br)cs2)cc1. The van der Waals surface area contributed by atoms with Crippen molar-refractivity contribution in [2.45, 2.75) is 6.04 Å². The lowest BCUT2D eigenvalue weighted by atomic mass is 10.1. The van der Waals surface area contributed by atoms with Crippen LogP contribution in [0.5, 0.6) is 5.75 Å². The van der Waals surface area contributed by atoms with Gasteiger partial charge in [0, 0.05) is 14.7 Å². The molecular weight excluding hydrogens is 300 g/mol. The van der Waals surface area contributed by atoms with E-state index in [4.69, 9.17) is 10.6 Å². The number of halogens is 1. The zero-order valence-electron chi connectivity index (χ0n) is 9.31. The summed E-state index contributed by atoms with van der Waals surface area (Å²) < 4.78 is 6.21. The number of rotatable bonds is 4. The topological polar surface area (TPSA) is 47.3 Å². The number of methoxy groups -OCH3 is 1. The number of ether oxygens (including phenoxy) is 1. The number of hydrogen-bond donors (Lipinski definition) is 2. The van der Waals surface area contributed by atoms with Crippen molar-refractivity contribution < 1.29 is 4.74 Å². The lowest BCUT2D eigenvalue weighted by molar-refractivity contribution is 0.414. The van der Waals surface area contributed by atoms with Gasteiger partial charge in [0.2, 0.25) is 0 Å². The molecule has 0 aliphatic rings. The molecular formula is C12H13BrN2OS. The number of benzene rings is 1. The van der Waals surface area contributed by atoms with Crippen LogP contribution in [0.3, 0.4) is 0 Å². The van der Waals surface area contributed by atoms with Gasteiger partial charge in [-0.2, -0.15) is 0 Å². The lowest BCUT2D eigenvalue weighted by Gasteiger charge is -2.14. The number of nitrogens with one attached hydrogen (secondary N) is 1. The van der Waals surface area contributed by atoms with Gasteiger partial charge in [0.25, 0.3) is 0 Å². The maximum atomic E-state index is 5.63. The highest BCUT2D eigenvalue weighted by Gasteiger charge is 2.14. The largest absolute Gasteiger partial charge is 0.497 e. The molecule has 0 fully saturated rings. The van der Waals surface area contributed by atoms with Gasteiger partial charge in [-0.05, 0) is 39.7 Å². The van der Waals surface area contributed by atoms with Crippen molar-refractivity contribution in [1.82, 2.24) is 5.43 Å². The Bertz CT molecular complexity index is 484. The normalized spacial score (nSPS) is 12.4. The Balaban J connectivity index is 2.28. The predicted octanol–water partition coefficient (Wildman–Crippen LogP) is 3.07. The fourth-order valence-corrected chi connectivity index (χ4v) is 3.15. The molecule has 0 spiro atoms. The van der Waals surface area contributed by atoms with Gasteiger partial charge in [0.05, 0.1) is 13.2 Å². The Hall–Kier alpha value is -0.880. The molecule has 0 saturated carbocycles. The summed E-state index contributed by atoms with van der Waals surface area (Å²) in [6.45, 7) is 0. The smallest absolute Gasteiger partial charge is 0.118 e. The molecule has 90 valence electrons. The van der Waals surface area contributed by atoms with E-state index in [0.717, 1.165) is 15.8 Å². The highest BCUT2D eigenvalue weighted by molar-refractivity contribution is 9.10. The summed E-state index contributed by atoms with van der Waals surface area (Å²) in [4.78, 5) is 1.17. The zero-order chi connectivity index (χ0) is 12.3. The summed E-state index contributed by atoms with van der Waals surface area (Å²) >= 11 is 5.11. The molecule has 0 bridgehead atoms. The monoisotopic (exact) mass is 312 g/mol. The first-order valence-corrected chi connectivity index (χ1v) is 6.76. The van der Waals surface area contributed by atoms with Crippen LogP contribution >= 0.6 is 27.3 Å². The molecule has 17 heavy (non-hydrogen) atoms. The molecule has 0 radical (unpaired) electrons. The van der Waals surface area contributed by atoms with E-state index < -0.39 is 0 Å². The van der Waals surface area contributed by atoms with E-state index in [1.54, 1.807) is 18.4 Å². The van der Waals surface area contributed by atoms with Crippen LogP contribution in [-0.4, -0.2) is 7.11 Å². The van der Waals surface area contributed by atoms with Crippen LogP contribution < -0.4 is 16.0 Å². The van der Waals surface area contributed by atoms with E-state index in [0.29, 0.717) is 0 Å². The summed E-state index contributed by atoms with van der Waals surface area (Å²) in [6, 6.07) is 9.97. The van der Waals surface area contributed by atoms with Gasteiger partial charge >= 0.3 is 0 Å². The lowest BCUT2D eigenvalue weighted by Crippen LogP contribution is -2.28. The summed E-state index contributed by atoms with van der Waals surface area (Å²) in [7, 11) is 1.66. The molecule has 2 rings (SSSR count). The Morgan fingerprint density at radius 1 is 1.35 bits per heavy atom. The highest BCUT2D eigenvalue weighted by Crippen LogP contribution is 2.30. The molecule has 1 atom stereocenters. The third kappa shape index (κ3) is 2.87. The molecule has 1 heterocycles. The molecule has 0 aliphatic carbocycles. The molecule has 0 aliphatic heterocycles. The standard InChI is InChI=1S/C12H13BrN2OS/c1-16-10-4-2-8(3-5-10)12(15-14)11-6-9(13)7-17-11/h2-7,12,15H,14H2,1H3. The second-order valence-corrected chi connectivity index (χ2v) is 5.40. The molecule has 1 aromatic heterocycles. The molecule has 5 heteroatoms. The van der Waals surface area contributed by atoms with Crippen LogP contribution in [0.2, 0.25) is 0 Å².